The zero-order valence-electron chi connectivity index (χ0n) is 12.5. The fourth-order valence-electron chi connectivity index (χ4n) is 2.41. The van der Waals surface area contributed by atoms with Gasteiger partial charge in [0.25, 0.3) is 0 Å². The average Bonchev–Trinajstić information content (AvgIpc) is 2.39. The zero-order valence-corrected chi connectivity index (χ0v) is 13.3. The van der Waals surface area contributed by atoms with E-state index in [0.717, 1.165) is 12.8 Å². The lowest BCUT2D eigenvalue weighted by molar-refractivity contribution is -0.132. The molecule has 1 unspecified atom stereocenters. The lowest BCUT2D eigenvalue weighted by Gasteiger charge is -2.32. The summed E-state index contributed by atoms with van der Waals surface area (Å²) in [4.78, 5) is 13.8. The first kappa shape index (κ1) is 17.4. The molecule has 0 saturated carbocycles. The topological polar surface area (TPSA) is 92.5 Å². The lowest BCUT2D eigenvalue weighted by Crippen LogP contribution is -2.47. The van der Waals surface area contributed by atoms with E-state index in [1.54, 1.807) is 11.8 Å². The highest BCUT2D eigenvalue weighted by molar-refractivity contribution is 7.89. The summed E-state index contributed by atoms with van der Waals surface area (Å²) in [6.07, 6.45) is 3.58. The van der Waals surface area contributed by atoms with E-state index in [1.165, 1.54) is 0 Å². The molecular weight excluding hydrogens is 278 g/mol. The Labute approximate surface area is 122 Å². The number of piperidine rings is 1. The minimum absolute atomic E-state index is 0.0479. The van der Waals surface area contributed by atoms with Crippen LogP contribution >= 0.6 is 0 Å². The van der Waals surface area contributed by atoms with Crippen molar-refractivity contribution in [1.82, 2.24) is 9.62 Å². The van der Waals surface area contributed by atoms with Crippen LogP contribution in [0.5, 0.6) is 0 Å². The molecule has 0 aliphatic carbocycles. The SMILES string of the molecule is CCCC(N)CC(=O)N1CCC(NS(=O)(=O)CC)CC1. The molecule has 1 aliphatic heterocycles. The van der Waals surface area contributed by atoms with E-state index in [0.29, 0.717) is 32.4 Å². The molecular formula is C13H27N3O3S. The van der Waals surface area contributed by atoms with Crippen molar-refractivity contribution < 1.29 is 13.2 Å². The van der Waals surface area contributed by atoms with E-state index in [9.17, 15) is 13.2 Å². The standard InChI is InChI=1S/C13H27N3O3S/c1-3-5-11(14)10-13(17)16-8-6-12(7-9-16)15-20(18,19)4-2/h11-12,15H,3-10,14H2,1-2H3. The Hall–Kier alpha value is -0.660. The number of hydrogen-bond donors (Lipinski definition) is 2. The molecule has 0 aromatic carbocycles. The molecule has 1 saturated heterocycles. The quantitative estimate of drug-likeness (QED) is 0.713. The molecule has 1 amide bonds. The Balaban J connectivity index is 2.36. The third-order valence-electron chi connectivity index (χ3n) is 3.67. The second-order valence-electron chi connectivity index (χ2n) is 5.43. The van der Waals surface area contributed by atoms with Gasteiger partial charge in [-0.1, -0.05) is 13.3 Å². The average molecular weight is 305 g/mol. The summed E-state index contributed by atoms with van der Waals surface area (Å²) < 4.78 is 25.7. The van der Waals surface area contributed by atoms with Crippen molar-refractivity contribution in [3.63, 3.8) is 0 Å². The van der Waals surface area contributed by atoms with E-state index >= 15 is 0 Å². The molecule has 7 heteroatoms. The molecule has 0 aromatic rings. The number of likely N-dealkylation sites (tertiary alicyclic amines) is 1. The van der Waals surface area contributed by atoms with Gasteiger partial charge < -0.3 is 10.6 Å². The summed E-state index contributed by atoms with van der Waals surface area (Å²) in [7, 11) is -3.16. The van der Waals surface area contributed by atoms with Crippen LogP contribution in [0.3, 0.4) is 0 Å². The fraction of sp³-hybridized carbons (Fsp3) is 0.923. The van der Waals surface area contributed by atoms with Crippen molar-refractivity contribution in [2.24, 2.45) is 5.73 Å². The number of carbonyl (C=O) groups is 1. The Morgan fingerprint density at radius 3 is 2.45 bits per heavy atom. The second-order valence-corrected chi connectivity index (χ2v) is 7.47. The summed E-state index contributed by atoms with van der Waals surface area (Å²) in [5.41, 5.74) is 5.88. The maximum Gasteiger partial charge on any atom is 0.224 e. The van der Waals surface area contributed by atoms with Gasteiger partial charge in [-0.15, -0.1) is 0 Å². The largest absolute Gasteiger partial charge is 0.343 e. The Morgan fingerprint density at radius 2 is 1.95 bits per heavy atom. The molecule has 3 N–H and O–H groups in total. The van der Waals surface area contributed by atoms with Gasteiger partial charge in [-0.3, -0.25) is 4.79 Å². The smallest absolute Gasteiger partial charge is 0.224 e. The number of rotatable bonds is 7. The van der Waals surface area contributed by atoms with Gasteiger partial charge >= 0.3 is 0 Å². The number of nitrogens with zero attached hydrogens (tertiary/aromatic N) is 1. The van der Waals surface area contributed by atoms with Crippen LogP contribution in [0.2, 0.25) is 0 Å². The molecule has 1 atom stereocenters. The first-order valence-electron chi connectivity index (χ1n) is 7.41. The maximum atomic E-state index is 12.0. The maximum absolute atomic E-state index is 12.0. The summed E-state index contributed by atoms with van der Waals surface area (Å²) in [5, 5.41) is 0. The molecule has 0 bridgehead atoms. The minimum Gasteiger partial charge on any atom is -0.343 e. The van der Waals surface area contributed by atoms with Crippen LogP contribution < -0.4 is 10.5 Å². The first-order valence-corrected chi connectivity index (χ1v) is 9.06. The van der Waals surface area contributed by atoms with Crippen LogP contribution in [0.15, 0.2) is 0 Å². The van der Waals surface area contributed by atoms with Gasteiger partial charge in [0, 0.05) is 31.6 Å². The van der Waals surface area contributed by atoms with Crippen molar-refractivity contribution >= 4 is 15.9 Å². The van der Waals surface area contributed by atoms with Crippen molar-refractivity contribution in [3.8, 4) is 0 Å². The fourth-order valence-corrected chi connectivity index (χ4v) is 3.32. The van der Waals surface area contributed by atoms with Gasteiger partial charge in [-0.05, 0) is 26.2 Å². The molecule has 20 heavy (non-hydrogen) atoms. The van der Waals surface area contributed by atoms with Gasteiger partial charge in [0.2, 0.25) is 15.9 Å². The highest BCUT2D eigenvalue weighted by Crippen LogP contribution is 2.13. The van der Waals surface area contributed by atoms with Crippen molar-refractivity contribution in [2.75, 3.05) is 18.8 Å². The molecule has 118 valence electrons. The van der Waals surface area contributed by atoms with E-state index in [-0.39, 0.29) is 23.7 Å². The lowest BCUT2D eigenvalue weighted by atomic mass is 10.0. The molecule has 0 radical (unpaired) electrons. The van der Waals surface area contributed by atoms with E-state index < -0.39 is 10.0 Å². The van der Waals surface area contributed by atoms with E-state index in [1.807, 2.05) is 0 Å². The summed E-state index contributed by atoms with van der Waals surface area (Å²) in [5.74, 6) is 0.181. The first-order chi connectivity index (χ1) is 9.38. The van der Waals surface area contributed by atoms with Crippen LogP contribution in [-0.4, -0.2) is 50.2 Å². The number of hydrogen-bond acceptors (Lipinski definition) is 4. The monoisotopic (exact) mass is 305 g/mol. The number of carbonyl (C=O) groups excluding carboxylic acids is 1. The van der Waals surface area contributed by atoms with Crippen molar-refractivity contribution in [1.29, 1.82) is 0 Å². The van der Waals surface area contributed by atoms with E-state index in [4.69, 9.17) is 5.73 Å². The number of amides is 1. The van der Waals surface area contributed by atoms with E-state index in [2.05, 4.69) is 11.6 Å². The molecule has 0 spiro atoms. The third-order valence-corrected chi connectivity index (χ3v) is 5.12. The molecule has 1 rings (SSSR count). The summed E-state index contributed by atoms with van der Waals surface area (Å²) >= 11 is 0. The Kier molecular flexibility index (Phi) is 6.91. The minimum atomic E-state index is -3.16. The molecule has 1 fully saturated rings. The predicted octanol–water partition coefficient (Wildman–Crippen LogP) is 0.434. The van der Waals surface area contributed by atoms with Gasteiger partial charge in [-0.2, -0.15) is 0 Å². The van der Waals surface area contributed by atoms with Gasteiger partial charge in [0.15, 0.2) is 0 Å². The van der Waals surface area contributed by atoms with Crippen LogP contribution in [0.1, 0.15) is 46.0 Å². The van der Waals surface area contributed by atoms with Crippen molar-refractivity contribution in [3.05, 3.63) is 0 Å². The van der Waals surface area contributed by atoms with Gasteiger partial charge in [0.05, 0.1) is 5.75 Å². The number of sulfonamides is 1. The van der Waals surface area contributed by atoms with Crippen LogP contribution in [0, 0.1) is 0 Å². The normalized spacial score (nSPS) is 19.1. The summed E-state index contributed by atoms with van der Waals surface area (Å²) in [6.45, 7) is 4.88. The molecule has 0 aromatic heterocycles. The number of nitrogens with two attached hydrogens (primary N) is 1. The van der Waals surface area contributed by atoms with Crippen LogP contribution in [0.25, 0.3) is 0 Å². The highest BCUT2D eigenvalue weighted by Gasteiger charge is 2.25. The molecule has 1 heterocycles. The van der Waals surface area contributed by atoms with Gasteiger partial charge in [0.1, 0.15) is 0 Å². The van der Waals surface area contributed by atoms with Crippen LogP contribution in [0.4, 0.5) is 0 Å². The van der Waals surface area contributed by atoms with Crippen molar-refractivity contribution in [2.45, 2.75) is 58.0 Å². The summed E-state index contributed by atoms with van der Waals surface area (Å²) in [6, 6.07) is -0.114. The Morgan fingerprint density at radius 1 is 1.35 bits per heavy atom. The Bertz CT molecular complexity index is 403. The molecule has 1 aliphatic rings. The van der Waals surface area contributed by atoms with Gasteiger partial charge in [-0.25, -0.2) is 13.1 Å². The molecule has 6 nitrogen and oxygen atoms in total. The predicted molar refractivity (Wildman–Crippen MR) is 79.7 cm³/mol. The highest BCUT2D eigenvalue weighted by atomic mass is 32.2. The van der Waals surface area contributed by atoms with Crippen LogP contribution in [-0.2, 0) is 14.8 Å². The number of nitrogens with one attached hydrogen (secondary N) is 1. The zero-order chi connectivity index (χ0) is 15.2. The second kappa shape index (κ2) is 7.95. The third kappa shape index (κ3) is 5.76.